The minimum Gasteiger partial charge on any atom is -0.341 e. The van der Waals surface area contributed by atoms with Crippen LogP contribution in [0.4, 0.5) is 11.6 Å². The number of nitrogens with zero attached hydrogens (tertiary/aromatic N) is 3. The predicted octanol–water partition coefficient (Wildman–Crippen LogP) is 3.30. The first-order valence-corrected chi connectivity index (χ1v) is 8.20. The Labute approximate surface area is 140 Å². The number of hydrogen-bond donors (Lipinski definition) is 1. The number of piperidine rings is 1. The Morgan fingerprint density at radius 3 is 2.39 bits per heavy atom. The molecule has 0 saturated carbocycles. The summed E-state index contributed by atoms with van der Waals surface area (Å²) in [7, 11) is 0. The van der Waals surface area contributed by atoms with E-state index in [-0.39, 0.29) is 5.91 Å². The van der Waals surface area contributed by atoms with Crippen LogP contribution >= 0.6 is 11.6 Å². The van der Waals surface area contributed by atoms with Crippen LogP contribution in [0.3, 0.4) is 0 Å². The number of halogens is 1. The lowest BCUT2D eigenvalue weighted by Gasteiger charge is -2.26. The Balaban J connectivity index is 1.57. The summed E-state index contributed by atoms with van der Waals surface area (Å²) in [4.78, 5) is 22.9. The zero-order valence-corrected chi connectivity index (χ0v) is 13.6. The molecule has 1 aliphatic heterocycles. The molecule has 1 aromatic carbocycles. The quantitative estimate of drug-likeness (QED) is 0.934. The van der Waals surface area contributed by atoms with Crippen molar-refractivity contribution in [1.82, 2.24) is 9.97 Å². The Morgan fingerprint density at radius 2 is 1.74 bits per heavy atom. The normalized spacial score (nSPS) is 14.6. The molecule has 1 aromatic heterocycles. The van der Waals surface area contributed by atoms with Crippen molar-refractivity contribution in [2.45, 2.75) is 25.7 Å². The maximum Gasteiger partial charge on any atom is 0.228 e. The number of nitrogens with one attached hydrogen (secondary N) is 1. The molecule has 5 nitrogen and oxygen atoms in total. The summed E-state index contributed by atoms with van der Waals surface area (Å²) in [6, 6.07) is 7.25. The monoisotopic (exact) mass is 330 g/mol. The number of amides is 1. The molecule has 3 rings (SSSR count). The first-order valence-electron chi connectivity index (χ1n) is 7.82. The van der Waals surface area contributed by atoms with E-state index in [1.54, 1.807) is 24.5 Å². The zero-order valence-electron chi connectivity index (χ0n) is 12.8. The smallest absolute Gasteiger partial charge is 0.228 e. The molecule has 0 atom stereocenters. The molecular formula is C17H19ClN4O. The fourth-order valence-electron chi connectivity index (χ4n) is 2.64. The summed E-state index contributed by atoms with van der Waals surface area (Å²) in [5.74, 6) is 0.641. The van der Waals surface area contributed by atoms with E-state index in [0.717, 1.165) is 24.6 Å². The minimum atomic E-state index is -0.0957. The maximum atomic E-state index is 12.0. The van der Waals surface area contributed by atoms with Crippen LogP contribution < -0.4 is 10.2 Å². The fraction of sp³-hybridized carbons (Fsp3) is 0.353. The van der Waals surface area contributed by atoms with E-state index in [0.29, 0.717) is 17.1 Å². The fourth-order valence-corrected chi connectivity index (χ4v) is 2.76. The van der Waals surface area contributed by atoms with Crippen molar-refractivity contribution in [2.75, 3.05) is 23.3 Å². The highest BCUT2D eigenvalue weighted by Gasteiger charge is 2.13. The lowest BCUT2D eigenvalue weighted by molar-refractivity contribution is -0.115. The van der Waals surface area contributed by atoms with Gasteiger partial charge in [0.15, 0.2) is 0 Å². The highest BCUT2D eigenvalue weighted by atomic mass is 35.5. The van der Waals surface area contributed by atoms with Gasteiger partial charge in [0, 0.05) is 18.1 Å². The van der Waals surface area contributed by atoms with Crippen molar-refractivity contribution >= 4 is 29.1 Å². The van der Waals surface area contributed by atoms with Gasteiger partial charge in [-0.2, -0.15) is 0 Å². The Kier molecular flexibility index (Phi) is 5.08. The van der Waals surface area contributed by atoms with Gasteiger partial charge < -0.3 is 10.2 Å². The van der Waals surface area contributed by atoms with E-state index in [1.807, 2.05) is 12.1 Å². The predicted molar refractivity (Wildman–Crippen MR) is 91.9 cm³/mol. The van der Waals surface area contributed by atoms with Crippen LogP contribution in [-0.2, 0) is 11.2 Å². The molecule has 1 aliphatic rings. The van der Waals surface area contributed by atoms with Crippen molar-refractivity contribution < 1.29 is 4.79 Å². The number of carbonyl (C=O) groups excluding carboxylic acids is 1. The standard InChI is InChI=1S/C17H19ClN4O/c18-14-6-4-13(5-7-14)10-16(23)21-15-11-19-17(20-12-15)22-8-2-1-3-9-22/h4-7,11-12H,1-3,8-10H2,(H,21,23). The molecule has 120 valence electrons. The molecule has 1 saturated heterocycles. The molecule has 2 aromatic rings. The van der Waals surface area contributed by atoms with Gasteiger partial charge in [0.1, 0.15) is 0 Å². The van der Waals surface area contributed by atoms with Crippen molar-refractivity contribution in [3.63, 3.8) is 0 Å². The first kappa shape index (κ1) is 15.7. The van der Waals surface area contributed by atoms with Crippen LogP contribution in [0.5, 0.6) is 0 Å². The second-order valence-electron chi connectivity index (χ2n) is 5.67. The average molecular weight is 331 g/mol. The summed E-state index contributed by atoms with van der Waals surface area (Å²) in [5, 5.41) is 3.48. The molecule has 0 aliphatic carbocycles. The summed E-state index contributed by atoms with van der Waals surface area (Å²) in [6.07, 6.45) is 7.26. The second kappa shape index (κ2) is 7.42. The molecule has 0 unspecified atom stereocenters. The van der Waals surface area contributed by atoms with Gasteiger partial charge >= 0.3 is 0 Å². The van der Waals surface area contributed by atoms with Gasteiger partial charge in [-0.3, -0.25) is 4.79 Å². The van der Waals surface area contributed by atoms with Crippen LogP contribution in [0.2, 0.25) is 5.02 Å². The van der Waals surface area contributed by atoms with Crippen molar-refractivity contribution in [2.24, 2.45) is 0 Å². The summed E-state index contributed by atoms with van der Waals surface area (Å²) >= 11 is 5.84. The van der Waals surface area contributed by atoms with Crippen molar-refractivity contribution in [3.05, 3.63) is 47.2 Å². The highest BCUT2D eigenvalue weighted by molar-refractivity contribution is 6.30. The number of hydrogen-bond acceptors (Lipinski definition) is 4. The highest BCUT2D eigenvalue weighted by Crippen LogP contribution is 2.16. The Bertz CT molecular complexity index is 651. The Hall–Kier alpha value is -2.14. The van der Waals surface area contributed by atoms with E-state index in [1.165, 1.54) is 19.3 Å². The molecule has 23 heavy (non-hydrogen) atoms. The Morgan fingerprint density at radius 1 is 1.09 bits per heavy atom. The number of rotatable bonds is 4. The zero-order chi connectivity index (χ0) is 16.1. The van der Waals surface area contributed by atoms with Crippen LogP contribution in [-0.4, -0.2) is 29.0 Å². The van der Waals surface area contributed by atoms with Crippen LogP contribution in [0.15, 0.2) is 36.7 Å². The molecule has 0 spiro atoms. The van der Waals surface area contributed by atoms with Gasteiger partial charge in [0.2, 0.25) is 11.9 Å². The third-order valence-electron chi connectivity index (χ3n) is 3.84. The molecule has 1 amide bonds. The number of anilines is 2. The van der Waals surface area contributed by atoms with Gasteiger partial charge in [-0.15, -0.1) is 0 Å². The molecule has 6 heteroatoms. The van der Waals surface area contributed by atoms with Gasteiger partial charge in [0.25, 0.3) is 0 Å². The lowest BCUT2D eigenvalue weighted by atomic mass is 10.1. The van der Waals surface area contributed by atoms with E-state index in [9.17, 15) is 4.79 Å². The van der Waals surface area contributed by atoms with Crippen molar-refractivity contribution in [1.29, 1.82) is 0 Å². The largest absolute Gasteiger partial charge is 0.341 e. The molecule has 1 fully saturated rings. The van der Waals surface area contributed by atoms with Crippen LogP contribution in [0.25, 0.3) is 0 Å². The topological polar surface area (TPSA) is 58.1 Å². The molecule has 2 heterocycles. The molecule has 0 radical (unpaired) electrons. The summed E-state index contributed by atoms with van der Waals surface area (Å²) < 4.78 is 0. The van der Waals surface area contributed by atoms with E-state index in [2.05, 4.69) is 20.2 Å². The minimum absolute atomic E-state index is 0.0957. The molecular weight excluding hydrogens is 312 g/mol. The number of benzene rings is 1. The lowest BCUT2D eigenvalue weighted by Crippen LogP contribution is -2.30. The first-order chi connectivity index (χ1) is 11.2. The summed E-state index contributed by atoms with van der Waals surface area (Å²) in [5.41, 5.74) is 1.53. The van der Waals surface area contributed by atoms with E-state index < -0.39 is 0 Å². The van der Waals surface area contributed by atoms with Gasteiger partial charge in [-0.25, -0.2) is 9.97 Å². The van der Waals surface area contributed by atoms with E-state index in [4.69, 9.17) is 11.6 Å². The SMILES string of the molecule is O=C(Cc1ccc(Cl)cc1)Nc1cnc(N2CCCCC2)nc1. The third kappa shape index (κ3) is 4.42. The van der Waals surface area contributed by atoms with Gasteiger partial charge in [-0.1, -0.05) is 23.7 Å². The maximum absolute atomic E-state index is 12.0. The van der Waals surface area contributed by atoms with Gasteiger partial charge in [-0.05, 0) is 37.0 Å². The number of carbonyl (C=O) groups is 1. The second-order valence-corrected chi connectivity index (χ2v) is 6.11. The van der Waals surface area contributed by atoms with Crippen LogP contribution in [0, 0.1) is 0 Å². The van der Waals surface area contributed by atoms with Crippen LogP contribution in [0.1, 0.15) is 24.8 Å². The molecule has 1 N–H and O–H groups in total. The third-order valence-corrected chi connectivity index (χ3v) is 4.09. The van der Waals surface area contributed by atoms with Crippen molar-refractivity contribution in [3.8, 4) is 0 Å². The van der Waals surface area contributed by atoms with E-state index >= 15 is 0 Å². The van der Waals surface area contributed by atoms with Gasteiger partial charge in [0.05, 0.1) is 24.5 Å². The number of aromatic nitrogens is 2. The average Bonchev–Trinajstić information content (AvgIpc) is 2.58. The molecule has 0 bridgehead atoms. The summed E-state index contributed by atoms with van der Waals surface area (Å²) in [6.45, 7) is 2.00.